The summed E-state index contributed by atoms with van der Waals surface area (Å²) in [5.41, 5.74) is 2.70. The lowest BCUT2D eigenvalue weighted by molar-refractivity contribution is 0.259. The molecule has 0 saturated heterocycles. The monoisotopic (exact) mass is 508 g/mol. The number of hydrogen-bond donors (Lipinski definition) is 2. The normalized spacial score (nSPS) is 12.5. The van der Waals surface area contributed by atoms with Crippen molar-refractivity contribution in [2.75, 3.05) is 31.6 Å². The molecule has 0 aliphatic heterocycles. The van der Waals surface area contributed by atoms with E-state index in [4.69, 9.17) is 4.74 Å². The molecule has 0 spiro atoms. The number of nitrogens with one attached hydrogen (secondary N) is 1. The molecule has 2 N–H and O–H groups in total. The van der Waals surface area contributed by atoms with Crippen molar-refractivity contribution in [2.45, 2.75) is 46.7 Å². The lowest BCUT2D eigenvalue weighted by atomic mass is 10.0. The zero-order chi connectivity index (χ0) is 25.5. The summed E-state index contributed by atoms with van der Waals surface area (Å²) in [6.07, 6.45) is 6.53. The molecule has 1 aromatic carbocycles. The zero-order valence-corrected chi connectivity index (χ0v) is 22.3. The van der Waals surface area contributed by atoms with E-state index in [-0.39, 0.29) is 12.6 Å². The maximum Gasteiger partial charge on any atom is 0.184 e. The molecule has 0 amide bonds. The van der Waals surface area contributed by atoms with Crippen molar-refractivity contribution >= 4 is 26.7 Å². The van der Waals surface area contributed by atoms with Crippen LogP contribution in [0.25, 0.3) is 21.5 Å². The molecule has 0 bridgehead atoms. The third-order valence-corrected chi connectivity index (χ3v) is 7.05. The van der Waals surface area contributed by atoms with Crippen molar-refractivity contribution in [2.24, 2.45) is 5.92 Å². The number of anilines is 1. The Morgan fingerprint density at radius 2 is 1.94 bits per heavy atom. The molecule has 0 radical (unpaired) electrons. The molecular weight excluding hydrogens is 472 g/mol. The number of aliphatic hydroxyl groups is 1. The molecule has 3 aromatic heterocycles. The fourth-order valence-corrected chi connectivity index (χ4v) is 5.09. The maximum absolute atomic E-state index is 9.68. The van der Waals surface area contributed by atoms with Crippen LogP contribution < -0.4 is 10.1 Å². The summed E-state index contributed by atoms with van der Waals surface area (Å²) < 4.78 is 9.17. The average molecular weight is 509 g/mol. The van der Waals surface area contributed by atoms with Gasteiger partial charge in [-0.25, -0.2) is 4.98 Å². The number of thiazole rings is 1. The second-order valence-electron chi connectivity index (χ2n) is 9.30. The smallest absolute Gasteiger partial charge is 0.184 e. The summed E-state index contributed by atoms with van der Waals surface area (Å²) in [6, 6.07) is 9.68. The van der Waals surface area contributed by atoms with Gasteiger partial charge in [0, 0.05) is 36.6 Å². The highest BCUT2D eigenvalue weighted by Gasteiger charge is 2.13. The highest BCUT2D eigenvalue weighted by atomic mass is 32.1. The molecule has 0 saturated carbocycles. The molecule has 0 aliphatic carbocycles. The lowest BCUT2D eigenvalue weighted by Gasteiger charge is -2.17. The zero-order valence-electron chi connectivity index (χ0n) is 21.5. The Balaban J connectivity index is 1.43. The minimum atomic E-state index is -0.00176. The molecule has 1 unspecified atom stereocenters. The van der Waals surface area contributed by atoms with Crippen LogP contribution in [0.5, 0.6) is 11.5 Å². The Hall–Kier alpha value is -3.01. The fraction of sp³-hybridized carbons (Fsp3) is 0.444. The first-order chi connectivity index (χ1) is 17.5. The average Bonchev–Trinajstić information content (AvgIpc) is 3.50. The van der Waals surface area contributed by atoms with Gasteiger partial charge in [0.2, 0.25) is 0 Å². The number of aromatic nitrogens is 4. The third-order valence-electron chi connectivity index (χ3n) is 6.10. The molecule has 4 aromatic rings. The van der Waals surface area contributed by atoms with Gasteiger partial charge in [-0.1, -0.05) is 39.0 Å². The van der Waals surface area contributed by atoms with E-state index in [0.29, 0.717) is 5.92 Å². The van der Waals surface area contributed by atoms with Crippen LogP contribution in [0.1, 0.15) is 34.1 Å². The van der Waals surface area contributed by atoms with E-state index in [9.17, 15) is 5.11 Å². The third kappa shape index (κ3) is 6.81. The number of ether oxygens (including phenoxy) is 1. The summed E-state index contributed by atoms with van der Waals surface area (Å²) in [5, 5.41) is 18.4. The van der Waals surface area contributed by atoms with Gasteiger partial charge in [0.1, 0.15) is 11.5 Å². The van der Waals surface area contributed by atoms with Gasteiger partial charge in [-0.3, -0.25) is 9.67 Å². The van der Waals surface area contributed by atoms with Crippen LogP contribution in [0.2, 0.25) is 0 Å². The van der Waals surface area contributed by atoms with Crippen LogP contribution in [-0.2, 0) is 6.54 Å². The number of fused-ring (bicyclic) bond motifs is 1. The Labute approximate surface area is 217 Å². The summed E-state index contributed by atoms with van der Waals surface area (Å²) >= 11 is 1.57. The second kappa shape index (κ2) is 12.3. The maximum atomic E-state index is 9.68. The van der Waals surface area contributed by atoms with Crippen LogP contribution in [-0.4, -0.2) is 62.0 Å². The predicted molar refractivity (Wildman–Crippen MR) is 147 cm³/mol. The minimum absolute atomic E-state index is 0.00176. The minimum Gasteiger partial charge on any atom is -0.457 e. The van der Waals surface area contributed by atoms with Crippen molar-refractivity contribution < 1.29 is 9.84 Å². The SMILES string of the molecule is CCN(CC)CCn1cc(-c2cc(Oc3ccc4nc(NC(CO)CC(C)C)sc4c3)ccn2)cn1. The molecular formula is C27H36N6O2S. The molecule has 8 nitrogen and oxygen atoms in total. The number of pyridine rings is 1. The highest BCUT2D eigenvalue weighted by molar-refractivity contribution is 7.22. The lowest BCUT2D eigenvalue weighted by Crippen LogP contribution is -2.27. The number of benzene rings is 1. The van der Waals surface area contributed by atoms with E-state index in [0.717, 1.165) is 70.7 Å². The molecule has 3 heterocycles. The quantitative estimate of drug-likeness (QED) is 0.246. The molecule has 1 atom stereocenters. The first-order valence-electron chi connectivity index (χ1n) is 12.6. The Morgan fingerprint density at radius 3 is 2.69 bits per heavy atom. The summed E-state index contributed by atoms with van der Waals surface area (Å²) in [4.78, 5) is 11.6. The molecule has 192 valence electrons. The van der Waals surface area contributed by atoms with Crippen LogP contribution >= 0.6 is 11.3 Å². The van der Waals surface area contributed by atoms with Gasteiger partial charge >= 0.3 is 0 Å². The Bertz CT molecular complexity index is 1250. The fourth-order valence-electron chi connectivity index (χ4n) is 4.12. The molecule has 0 aliphatic rings. The molecule has 36 heavy (non-hydrogen) atoms. The molecule has 9 heteroatoms. The van der Waals surface area contributed by atoms with Gasteiger partial charge in [-0.05, 0) is 43.6 Å². The van der Waals surface area contributed by atoms with Gasteiger partial charge in [0.15, 0.2) is 5.13 Å². The van der Waals surface area contributed by atoms with Gasteiger partial charge < -0.3 is 20.1 Å². The topological polar surface area (TPSA) is 88.3 Å². The first kappa shape index (κ1) is 26.1. The first-order valence-corrected chi connectivity index (χ1v) is 13.5. The van der Waals surface area contributed by atoms with Crippen molar-refractivity contribution in [1.29, 1.82) is 0 Å². The van der Waals surface area contributed by atoms with Crippen LogP contribution in [0.3, 0.4) is 0 Å². The number of likely N-dealkylation sites (N-methyl/N-ethyl adjacent to an activating group) is 1. The van der Waals surface area contributed by atoms with Crippen LogP contribution in [0.4, 0.5) is 5.13 Å². The Morgan fingerprint density at radius 1 is 1.14 bits per heavy atom. The van der Waals surface area contributed by atoms with Gasteiger partial charge in [-0.2, -0.15) is 5.10 Å². The van der Waals surface area contributed by atoms with Crippen molar-refractivity contribution in [3.05, 3.63) is 48.9 Å². The summed E-state index contributed by atoms with van der Waals surface area (Å²) in [7, 11) is 0. The van der Waals surface area contributed by atoms with Gasteiger partial charge in [-0.15, -0.1) is 0 Å². The number of hydrogen-bond acceptors (Lipinski definition) is 8. The summed E-state index contributed by atoms with van der Waals surface area (Å²) in [5.74, 6) is 1.96. The standard InChI is InChI=1S/C27H36N6O2S/c1-5-32(6-2)11-12-33-17-20(16-29-33)25-14-23(9-10-28-25)35-22-7-8-24-26(15-22)36-27(31-24)30-21(18-34)13-19(3)4/h7-10,14-17,19,21,34H,5-6,11-13,18H2,1-4H3,(H,30,31). The van der Waals surface area contributed by atoms with E-state index in [1.165, 1.54) is 0 Å². The van der Waals surface area contributed by atoms with E-state index < -0.39 is 0 Å². The molecule has 0 fully saturated rings. The highest BCUT2D eigenvalue weighted by Crippen LogP contribution is 2.32. The van der Waals surface area contributed by atoms with Crippen molar-refractivity contribution in [3.63, 3.8) is 0 Å². The van der Waals surface area contributed by atoms with Gasteiger partial charge in [0.05, 0.1) is 41.3 Å². The van der Waals surface area contributed by atoms with Crippen molar-refractivity contribution in [3.8, 4) is 22.8 Å². The largest absolute Gasteiger partial charge is 0.457 e. The number of nitrogens with zero attached hydrogens (tertiary/aromatic N) is 5. The van der Waals surface area contributed by atoms with E-state index in [2.05, 4.69) is 53.0 Å². The Kier molecular flexibility index (Phi) is 8.90. The van der Waals surface area contributed by atoms with E-state index in [1.807, 2.05) is 47.4 Å². The molecule has 4 rings (SSSR count). The van der Waals surface area contributed by atoms with Gasteiger partial charge in [0.25, 0.3) is 0 Å². The number of aliphatic hydroxyl groups excluding tert-OH is 1. The van der Waals surface area contributed by atoms with Crippen LogP contribution in [0.15, 0.2) is 48.9 Å². The van der Waals surface area contributed by atoms with E-state index in [1.54, 1.807) is 17.5 Å². The predicted octanol–water partition coefficient (Wildman–Crippen LogP) is 5.51. The summed E-state index contributed by atoms with van der Waals surface area (Å²) in [6.45, 7) is 12.6. The van der Waals surface area contributed by atoms with Crippen LogP contribution in [0, 0.1) is 5.92 Å². The van der Waals surface area contributed by atoms with Crippen molar-refractivity contribution in [1.82, 2.24) is 24.6 Å². The van der Waals surface area contributed by atoms with E-state index >= 15 is 0 Å². The number of rotatable bonds is 13. The second-order valence-corrected chi connectivity index (χ2v) is 10.3.